The third-order valence-electron chi connectivity index (χ3n) is 5.44. The van der Waals surface area contributed by atoms with E-state index in [1.165, 1.54) is 11.1 Å². The summed E-state index contributed by atoms with van der Waals surface area (Å²) in [5.74, 6) is -0.471. The predicted octanol–water partition coefficient (Wildman–Crippen LogP) is 2.47. The van der Waals surface area contributed by atoms with Crippen molar-refractivity contribution >= 4 is 29.4 Å². The maximum atomic E-state index is 12.7. The summed E-state index contributed by atoms with van der Waals surface area (Å²) in [6.45, 7) is 2.02. The van der Waals surface area contributed by atoms with Crippen molar-refractivity contribution in [3.05, 3.63) is 71.5 Å². The zero-order chi connectivity index (χ0) is 23.2. The Balaban J connectivity index is 1.47. The summed E-state index contributed by atoms with van der Waals surface area (Å²) < 4.78 is 0. The van der Waals surface area contributed by atoms with Gasteiger partial charge in [-0.25, -0.2) is 9.97 Å². The van der Waals surface area contributed by atoms with Gasteiger partial charge < -0.3 is 21.7 Å². The van der Waals surface area contributed by atoms with Crippen LogP contribution in [0.2, 0.25) is 0 Å². The minimum atomic E-state index is -0.350. The maximum Gasteiger partial charge on any atom is 0.274 e. The van der Waals surface area contributed by atoms with Gasteiger partial charge >= 0.3 is 0 Å². The summed E-state index contributed by atoms with van der Waals surface area (Å²) in [6.07, 6.45) is 4.39. The van der Waals surface area contributed by atoms with E-state index in [0.29, 0.717) is 23.4 Å². The average Bonchev–Trinajstić information content (AvgIpc) is 3.36. The minimum Gasteiger partial charge on any atom is -0.382 e. The van der Waals surface area contributed by atoms with Gasteiger partial charge in [-0.05, 0) is 49.1 Å². The van der Waals surface area contributed by atoms with Crippen molar-refractivity contribution < 1.29 is 9.59 Å². The quantitative estimate of drug-likeness (QED) is 0.398. The molecule has 2 amide bonds. The van der Waals surface area contributed by atoms with Gasteiger partial charge in [0, 0.05) is 35.2 Å². The SMILES string of the molecule is CSc1ccc(CNC(=O)c2cccc(-c3cnc(N)c(C(=O)NC4CCNC4)n3)c2)cc1. The van der Waals surface area contributed by atoms with Crippen molar-refractivity contribution in [2.45, 2.75) is 23.9 Å². The molecular weight excluding hydrogens is 436 g/mol. The van der Waals surface area contributed by atoms with Crippen molar-refractivity contribution in [1.29, 1.82) is 0 Å². The van der Waals surface area contributed by atoms with Crippen molar-refractivity contribution in [2.75, 3.05) is 25.1 Å². The third kappa shape index (κ3) is 5.68. The normalized spacial score (nSPS) is 15.2. The van der Waals surface area contributed by atoms with E-state index in [1.807, 2.05) is 36.6 Å². The van der Waals surface area contributed by atoms with Gasteiger partial charge in [-0.15, -0.1) is 11.8 Å². The minimum absolute atomic E-state index is 0.0475. The number of hydrogen-bond donors (Lipinski definition) is 4. The van der Waals surface area contributed by atoms with Crippen LogP contribution in [0.4, 0.5) is 5.82 Å². The highest BCUT2D eigenvalue weighted by molar-refractivity contribution is 7.98. The van der Waals surface area contributed by atoms with E-state index in [4.69, 9.17) is 5.73 Å². The van der Waals surface area contributed by atoms with Gasteiger partial charge in [0.25, 0.3) is 11.8 Å². The van der Waals surface area contributed by atoms with Crippen LogP contribution in [0.25, 0.3) is 11.3 Å². The zero-order valence-corrected chi connectivity index (χ0v) is 19.1. The number of anilines is 1. The van der Waals surface area contributed by atoms with Crippen LogP contribution in [0, 0.1) is 0 Å². The monoisotopic (exact) mass is 462 g/mol. The molecular formula is C24H26N6O2S. The molecule has 5 N–H and O–H groups in total. The molecule has 1 saturated heterocycles. The molecule has 0 spiro atoms. The van der Waals surface area contributed by atoms with Crippen molar-refractivity contribution in [1.82, 2.24) is 25.9 Å². The molecule has 9 heteroatoms. The van der Waals surface area contributed by atoms with Gasteiger partial charge in [0.15, 0.2) is 11.5 Å². The Morgan fingerprint density at radius 2 is 2.00 bits per heavy atom. The highest BCUT2D eigenvalue weighted by Crippen LogP contribution is 2.20. The number of carbonyl (C=O) groups excluding carboxylic acids is 2. The molecule has 0 radical (unpaired) electrons. The summed E-state index contributed by atoms with van der Waals surface area (Å²) in [5.41, 5.74) is 8.67. The molecule has 2 aromatic carbocycles. The molecule has 4 rings (SSSR count). The molecule has 1 aromatic heterocycles. The van der Waals surface area contributed by atoms with Crippen LogP contribution < -0.4 is 21.7 Å². The maximum absolute atomic E-state index is 12.7. The first-order valence-corrected chi connectivity index (χ1v) is 11.9. The lowest BCUT2D eigenvalue weighted by Gasteiger charge is -2.12. The fourth-order valence-electron chi connectivity index (χ4n) is 3.58. The molecule has 2 heterocycles. The molecule has 3 aromatic rings. The van der Waals surface area contributed by atoms with Gasteiger partial charge in [0.2, 0.25) is 0 Å². The van der Waals surface area contributed by atoms with Crippen LogP contribution in [-0.4, -0.2) is 47.2 Å². The van der Waals surface area contributed by atoms with E-state index in [0.717, 1.165) is 25.1 Å². The molecule has 33 heavy (non-hydrogen) atoms. The van der Waals surface area contributed by atoms with E-state index in [9.17, 15) is 9.59 Å². The number of nitrogens with one attached hydrogen (secondary N) is 3. The summed E-state index contributed by atoms with van der Waals surface area (Å²) >= 11 is 1.68. The van der Waals surface area contributed by atoms with Gasteiger partial charge in [-0.1, -0.05) is 24.3 Å². The molecule has 1 fully saturated rings. The second-order valence-electron chi connectivity index (χ2n) is 7.76. The largest absolute Gasteiger partial charge is 0.382 e. The molecule has 8 nitrogen and oxygen atoms in total. The molecule has 0 aliphatic carbocycles. The lowest BCUT2D eigenvalue weighted by molar-refractivity contribution is 0.0932. The fourth-order valence-corrected chi connectivity index (χ4v) is 3.99. The first kappa shape index (κ1) is 22.8. The smallest absolute Gasteiger partial charge is 0.274 e. The average molecular weight is 463 g/mol. The highest BCUT2D eigenvalue weighted by atomic mass is 32.2. The van der Waals surface area contributed by atoms with E-state index in [-0.39, 0.29) is 29.4 Å². The van der Waals surface area contributed by atoms with E-state index in [2.05, 4.69) is 25.9 Å². The first-order chi connectivity index (χ1) is 16.0. The zero-order valence-electron chi connectivity index (χ0n) is 18.3. The Kier molecular flexibility index (Phi) is 7.21. The molecule has 1 unspecified atom stereocenters. The van der Waals surface area contributed by atoms with Crippen molar-refractivity contribution in [3.8, 4) is 11.3 Å². The predicted molar refractivity (Wildman–Crippen MR) is 130 cm³/mol. The van der Waals surface area contributed by atoms with Crippen molar-refractivity contribution in [3.63, 3.8) is 0 Å². The van der Waals surface area contributed by atoms with Crippen molar-refractivity contribution in [2.24, 2.45) is 0 Å². The molecule has 0 bridgehead atoms. The second-order valence-corrected chi connectivity index (χ2v) is 8.64. The topological polar surface area (TPSA) is 122 Å². The van der Waals surface area contributed by atoms with Gasteiger partial charge in [-0.2, -0.15) is 0 Å². The number of benzene rings is 2. The number of aromatic nitrogens is 2. The number of carbonyl (C=O) groups is 2. The summed E-state index contributed by atoms with van der Waals surface area (Å²) in [6, 6.07) is 15.2. The lowest BCUT2D eigenvalue weighted by atomic mass is 10.1. The molecule has 1 aliphatic heterocycles. The van der Waals surface area contributed by atoms with Crippen LogP contribution >= 0.6 is 11.8 Å². The third-order valence-corrected chi connectivity index (χ3v) is 6.19. The number of thioether (sulfide) groups is 1. The Labute approximate surface area is 196 Å². The fraction of sp³-hybridized carbons (Fsp3) is 0.250. The highest BCUT2D eigenvalue weighted by Gasteiger charge is 2.21. The molecule has 1 aliphatic rings. The standard InChI is InChI=1S/C24H26N6O2S/c1-33-19-7-5-15(6-8-19)12-28-23(31)17-4-2-3-16(11-17)20-14-27-22(25)21(30-20)24(32)29-18-9-10-26-13-18/h2-8,11,14,18,26H,9-10,12-13H2,1H3,(H2,25,27)(H,28,31)(H,29,32). The van der Waals surface area contributed by atoms with Crippen LogP contribution in [0.15, 0.2) is 59.6 Å². The Bertz CT molecular complexity index is 1150. The number of hydrogen-bond acceptors (Lipinski definition) is 7. The van der Waals surface area contributed by atoms with E-state index < -0.39 is 0 Å². The van der Waals surface area contributed by atoms with Gasteiger partial charge in [0.1, 0.15) is 0 Å². The number of nitrogens with two attached hydrogens (primary N) is 1. The van der Waals surface area contributed by atoms with Crippen LogP contribution in [0.1, 0.15) is 32.8 Å². The number of nitrogens with zero attached hydrogens (tertiary/aromatic N) is 2. The number of rotatable bonds is 7. The summed E-state index contributed by atoms with van der Waals surface area (Å²) in [4.78, 5) is 35.1. The first-order valence-electron chi connectivity index (χ1n) is 10.7. The van der Waals surface area contributed by atoms with E-state index >= 15 is 0 Å². The Hall–Kier alpha value is -3.43. The number of nitrogen functional groups attached to an aromatic ring is 1. The Morgan fingerprint density at radius 3 is 2.73 bits per heavy atom. The van der Waals surface area contributed by atoms with E-state index in [1.54, 1.807) is 30.0 Å². The second kappa shape index (κ2) is 10.5. The van der Waals surface area contributed by atoms with Crippen LogP contribution in [0.5, 0.6) is 0 Å². The molecule has 170 valence electrons. The van der Waals surface area contributed by atoms with Gasteiger partial charge in [-0.3, -0.25) is 9.59 Å². The molecule has 1 atom stereocenters. The van der Waals surface area contributed by atoms with Gasteiger partial charge in [0.05, 0.1) is 11.9 Å². The molecule has 0 saturated carbocycles. The number of amides is 2. The van der Waals surface area contributed by atoms with Crippen LogP contribution in [0.3, 0.4) is 0 Å². The Morgan fingerprint density at radius 1 is 1.18 bits per heavy atom. The van der Waals surface area contributed by atoms with Crippen LogP contribution in [-0.2, 0) is 6.54 Å². The summed E-state index contributed by atoms with van der Waals surface area (Å²) in [7, 11) is 0. The summed E-state index contributed by atoms with van der Waals surface area (Å²) in [5, 5.41) is 9.08. The lowest BCUT2D eigenvalue weighted by Crippen LogP contribution is -2.37.